The molecule has 0 bridgehead atoms. The van der Waals surface area contributed by atoms with Crippen LogP contribution in [0.1, 0.15) is 27.7 Å². The summed E-state index contributed by atoms with van der Waals surface area (Å²) in [5, 5.41) is 14.1. The van der Waals surface area contributed by atoms with Gasteiger partial charge in [0.1, 0.15) is 0 Å². The molecule has 0 heterocycles. The summed E-state index contributed by atoms with van der Waals surface area (Å²) in [5.41, 5.74) is 0.0564. The molecule has 0 saturated carbocycles. The van der Waals surface area contributed by atoms with Crippen molar-refractivity contribution in [2.45, 2.75) is 33.2 Å². The Morgan fingerprint density at radius 3 is 2.52 bits per heavy atom. The summed E-state index contributed by atoms with van der Waals surface area (Å²) >= 11 is 0. The van der Waals surface area contributed by atoms with E-state index in [0.29, 0.717) is 24.0 Å². The lowest BCUT2D eigenvalue weighted by Crippen LogP contribution is -2.39. The molecule has 1 atom stereocenters. The number of benzene rings is 1. The molecule has 0 aliphatic carbocycles. The van der Waals surface area contributed by atoms with Gasteiger partial charge in [-0.3, -0.25) is 10.1 Å². The van der Waals surface area contributed by atoms with Gasteiger partial charge in [-0.2, -0.15) is 0 Å². The van der Waals surface area contributed by atoms with Crippen molar-refractivity contribution in [2.75, 3.05) is 20.3 Å². The third-order valence-corrected chi connectivity index (χ3v) is 2.86. The van der Waals surface area contributed by atoms with Gasteiger partial charge in [-0.25, -0.2) is 0 Å². The van der Waals surface area contributed by atoms with Crippen LogP contribution >= 0.6 is 0 Å². The van der Waals surface area contributed by atoms with E-state index in [2.05, 4.69) is 33.0 Å². The molecule has 0 aliphatic heterocycles. The molecule has 1 rings (SSSR count). The molecule has 0 fully saturated rings. The molecule has 0 aromatic heterocycles. The van der Waals surface area contributed by atoms with E-state index in [0.717, 1.165) is 6.54 Å². The van der Waals surface area contributed by atoms with E-state index < -0.39 is 4.92 Å². The number of nitro benzene ring substituents is 1. The summed E-state index contributed by atoms with van der Waals surface area (Å²) in [4.78, 5) is 10.3. The summed E-state index contributed by atoms with van der Waals surface area (Å²) in [6.45, 7) is 9.76. The molecule has 6 nitrogen and oxygen atoms in total. The highest BCUT2D eigenvalue weighted by Crippen LogP contribution is 2.31. The number of hydrogen-bond donors (Lipinski definition) is 1. The Kier molecular flexibility index (Phi) is 5.96. The number of nitrogens with zero attached hydrogens (tertiary/aromatic N) is 1. The number of methoxy groups -OCH3 is 1. The van der Waals surface area contributed by atoms with Crippen molar-refractivity contribution in [3.8, 4) is 11.5 Å². The smallest absolute Gasteiger partial charge is 0.273 e. The number of ether oxygens (including phenoxy) is 2. The Bertz CT molecular complexity index is 483. The highest BCUT2D eigenvalue weighted by atomic mass is 16.6. The quantitative estimate of drug-likeness (QED) is 0.618. The molecule has 1 unspecified atom stereocenters. The van der Waals surface area contributed by atoms with Crippen LogP contribution in [0, 0.1) is 16.0 Å². The van der Waals surface area contributed by atoms with E-state index in [-0.39, 0.29) is 11.2 Å². The molecule has 1 aromatic rings. The summed E-state index contributed by atoms with van der Waals surface area (Å²) in [7, 11) is 1.47. The number of non-ortho nitro benzene ring substituents is 1. The summed E-state index contributed by atoms with van der Waals surface area (Å²) in [5.74, 6) is 1.20. The standard InChI is InChI=1S/C15H24N2O4/c1-11(9-16-15(2,3)4)10-21-13-7-6-12(17(18)19)8-14(13)20-5/h6-8,11,16H,9-10H2,1-5H3. The first-order valence-electron chi connectivity index (χ1n) is 6.93. The van der Waals surface area contributed by atoms with Crippen molar-refractivity contribution in [1.29, 1.82) is 0 Å². The van der Waals surface area contributed by atoms with Crippen molar-refractivity contribution in [3.63, 3.8) is 0 Å². The molecule has 1 aromatic carbocycles. The van der Waals surface area contributed by atoms with E-state index in [9.17, 15) is 10.1 Å². The second-order valence-electron chi connectivity index (χ2n) is 6.14. The molecule has 6 heteroatoms. The van der Waals surface area contributed by atoms with Crippen LogP contribution < -0.4 is 14.8 Å². The van der Waals surface area contributed by atoms with Crippen molar-refractivity contribution in [2.24, 2.45) is 5.92 Å². The average Bonchev–Trinajstić information content (AvgIpc) is 2.41. The van der Waals surface area contributed by atoms with Gasteiger partial charge in [0.15, 0.2) is 11.5 Å². The first kappa shape index (κ1) is 17.2. The fraction of sp³-hybridized carbons (Fsp3) is 0.600. The third-order valence-electron chi connectivity index (χ3n) is 2.86. The molecule has 1 N–H and O–H groups in total. The minimum absolute atomic E-state index is 0.0124. The van der Waals surface area contributed by atoms with Crippen molar-refractivity contribution < 1.29 is 14.4 Å². The van der Waals surface area contributed by atoms with E-state index in [4.69, 9.17) is 9.47 Å². The lowest BCUT2D eigenvalue weighted by molar-refractivity contribution is -0.385. The molecular formula is C15H24N2O4. The minimum Gasteiger partial charge on any atom is -0.493 e. The Hall–Kier alpha value is -1.82. The predicted octanol–water partition coefficient (Wildman–Crippen LogP) is 3.01. The molecule has 0 saturated heterocycles. The lowest BCUT2D eigenvalue weighted by atomic mass is 10.1. The Morgan fingerprint density at radius 2 is 2.00 bits per heavy atom. The first-order chi connectivity index (χ1) is 9.73. The van der Waals surface area contributed by atoms with E-state index in [1.165, 1.54) is 19.2 Å². The van der Waals surface area contributed by atoms with Gasteiger partial charge in [0.05, 0.1) is 24.7 Å². The van der Waals surface area contributed by atoms with Crippen LogP contribution in [0.2, 0.25) is 0 Å². The number of rotatable bonds is 7. The van der Waals surface area contributed by atoms with Crippen LogP contribution in [-0.4, -0.2) is 30.7 Å². The molecule has 0 radical (unpaired) electrons. The predicted molar refractivity (Wildman–Crippen MR) is 82.1 cm³/mol. The molecule has 118 valence electrons. The van der Waals surface area contributed by atoms with Gasteiger partial charge >= 0.3 is 0 Å². The third kappa shape index (κ3) is 5.99. The normalized spacial score (nSPS) is 12.8. The SMILES string of the molecule is COc1cc([N+](=O)[O-])ccc1OCC(C)CNC(C)(C)C. The molecule has 21 heavy (non-hydrogen) atoms. The summed E-state index contributed by atoms with van der Waals surface area (Å²) in [6.07, 6.45) is 0. The topological polar surface area (TPSA) is 73.6 Å². The van der Waals surface area contributed by atoms with Crippen LogP contribution in [0.25, 0.3) is 0 Å². The van der Waals surface area contributed by atoms with Crippen molar-refractivity contribution in [1.82, 2.24) is 5.32 Å². The van der Waals surface area contributed by atoms with Crippen LogP contribution in [0.15, 0.2) is 18.2 Å². The first-order valence-corrected chi connectivity index (χ1v) is 6.93. The molecule has 0 aliphatic rings. The Morgan fingerprint density at radius 1 is 1.33 bits per heavy atom. The van der Waals surface area contributed by atoms with Gasteiger partial charge < -0.3 is 14.8 Å². The molecular weight excluding hydrogens is 272 g/mol. The van der Waals surface area contributed by atoms with E-state index >= 15 is 0 Å². The van der Waals surface area contributed by atoms with Gasteiger partial charge in [-0.15, -0.1) is 0 Å². The maximum Gasteiger partial charge on any atom is 0.273 e. The zero-order chi connectivity index (χ0) is 16.0. The monoisotopic (exact) mass is 296 g/mol. The van der Waals surface area contributed by atoms with Gasteiger partial charge in [-0.1, -0.05) is 6.92 Å². The maximum absolute atomic E-state index is 10.7. The lowest BCUT2D eigenvalue weighted by Gasteiger charge is -2.23. The average molecular weight is 296 g/mol. The van der Waals surface area contributed by atoms with Crippen LogP contribution in [0.5, 0.6) is 11.5 Å². The van der Waals surface area contributed by atoms with E-state index in [1.807, 2.05) is 0 Å². The largest absolute Gasteiger partial charge is 0.493 e. The van der Waals surface area contributed by atoms with Gasteiger partial charge in [0.2, 0.25) is 0 Å². The Labute approximate surface area is 125 Å². The van der Waals surface area contributed by atoms with Crippen molar-refractivity contribution in [3.05, 3.63) is 28.3 Å². The van der Waals surface area contributed by atoms with Crippen molar-refractivity contribution >= 4 is 5.69 Å². The van der Waals surface area contributed by atoms with Crippen LogP contribution in [0.4, 0.5) is 5.69 Å². The second-order valence-corrected chi connectivity index (χ2v) is 6.14. The number of nitrogens with one attached hydrogen (secondary N) is 1. The Balaban J connectivity index is 2.60. The summed E-state index contributed by atoms with van der Waals surface area (Å²) < 4.78 is 10.8. The second kappa shape index (κ2) is 7.26. The fourth-order valence-corrected chi connectivity index (χ4v) is 1.66. The fourth-order valence-electron chi connectivity index (χ4n) is 1.66. The van der Waals surface area contributed by atoms with Crippen LogP contribution in [-0.2, 0) is 0 Å². The molecule has 0 amide bonds. The minimum atomic E-state index is -0.456. The van der Waals surface area contributed by atoms with Gasteiger partial charge in [0, 0.05) is 24.1 Å². The zero-order valence-electron chi connectivity index (χ0n) is 13.3. The maximum atomic E-state index is 10.7. The van der Waals surface area contributed by atoms with Gasteiger partial charge in [-0.05, 0) is 26.8 Å². The molecule has 0 spiro atoms. The summed E-state index contributed by atoms with van der Waals surface area (Å²) in [6, 6.07) is 4.35. The highest BCUT2D eigenvalue weighted by Gasteiger charge is 2.15. The number of hydrogen-bond acceptors (Lipinski definition) is 5. The highest BCUT2D eigenvalue weighted by molar-refractivity contribution is 5.48. The van der Waals surface area contributed by atoms with Crippen LogP contribution in [0.3, 0.4) is 0 Å². The van der Waals surface area contributed by atoms with E-state index in [1.54, 1.807) is 6.07 Å². The number of nitro groups is 1. The van der Waals surface area contributed by atoms with Gasteiger partial charge in [0.25, 0.3) is 5.69 Å². The zero-order valence-corrected chi connectivity index (χ0v) is 13.3.